The summed E-state index contributed by atoms with van der Waals surface area (Å²) in [6.07, 6.45) is 1.42. The van der Waals surface area contributed by atoms with Gasteiger partial charge in [0.2, 0.25) is 10.0 Å². The summed E-state index contributed by atoms with van der Waals surface area (Å²) in [4.78, 5) is 9.93. The molecule has 0 amide bonds. The molecule has 20 heavy (non-hydrogen) atoms. The van der Waals surface area contributed by atoms with Gasteiger partial charge in [-0.05, 0) is 25.0 Å². The number of hydrogen-bond donors (Lipinski definition) is 1. The molecular formula is C11H13BrN2O5S. The van der Waals surface area contributed by atoms with Gasteiger partial charge in [-0.25, -0.2) is 8.42 Å². The summed E-state index contributed by atoms with van der Waals surface area (Å²) in [7, 11) is -4.00. The lowest BCUT2D eigenvalue weighted by molar-refractivity contribution is -0.387. The van der Waals surface area contributed by atoms with Crippen LogP contribution in [0.3, 0.4) is 0 Å². The minimum absolute atomic E-state index is 0.0589. The smallest absolute Gasteiger partial charge is 0.289 e. The van der Waals surface area contributed by atoms with Gasteiger partial charge in [0, 0.05) is 23.1 Å². The Morgan fingerprint density at radius 3 is 2.60 bits per heavy atom. The molecule has 0 aromatic heterocycles. The molecule has 0 heterocycles. The summed E-state index contributed by atoms with van der Waals surface area (Å²) in [5, 5.41) is 20.0. The van der Waals surface area contributed by atoms with E-state index < -0.39 is 20.6 Å². The summed E-state index contributed by atoms with van der Waals surface area (Å²) in [6.45, 7) is -0.381. The van der Waals surface area contributed by atoms with Crippen LogP contribution in [0.25, 0.3) is 0 Å². The van der Waals surface area contributed by atoms with Crippen molar-refractivity contribution in [3.63, 3.8) is 0 Å². The van der Waals surface area contributed by atoms with Crippen molar-refractivity contribution in [1.82, 2.24) is 4.31 Å². The van der Waals surface area contributed by atoms with Crippen LogP contribution in [-0.2, 0) is 10.0 Å². The topological polar surface area (TPSA) is 101 Å². The molecule has 0 aliphatic heterocycles. The van der Waals surface area contributed by atoms with Crippen LogP contribution in [0, 0.1) is 10.1 Å². The van der Waals surface area contributed by atoms with Crippen molar-refractivity contribution in [3.05, 3.63) is 32.8 Å². The molecule has 1 N–H and O–H groups in total. The minimum Gasteiger partial charge on any atom is -0.395 e. The molecule has 7 nitrogen and oxygen atoms in total. The standard InChI is InChI=1S/C11H13BrN2O5S/c12-8-1-4-10(14(16)17)11(7-8)20(18,19)13(5-6-15)9-2-3-9/h1,4,7,9,15H,2-3,5-6H2. The summed E-state index contributed by atoms with van der Waals surface area (Å²) >= 11 is 3.12. The number of nitro benzene ring substituents is 1. The highest BCUT2D eigenvalue weighted by Gasteiger charge is 2.40. The number of rotatable bonds is 6. The fourth-order valence-electron chi connectivity index (χ4n) is 1.93. The highest BCUT2D eigenvalue weighted by molar-refractivity contribution is 9.10. The van der Waals surface area contributed by atoms with E-state index in [1.54, 1.807) is 0 Å². The monoisotopic (exact) mass is 364 g/mol. The van der Waals surface area contributed by atoms with E-state index in [1.807, 2.05) is 0 Å². The molecule has 0 radical (unpaired) electrons. The van der Waals surface area contributed by atoms with E-state index in [2.05, 4.69) is 15.9 Å². The zero-order chi connectivity index (χ0) is 14.9. The molecule has 0 spiro atoms. The SMILES string of the molecule is O=[N+]([O-])c1ccc(Br)cc1S(=O)(=O)N(CCO)C1CC1. The average molecular weight is 365 g/mol. The van der Waals surface area contributed by atoms with Crippen molar-refractivity contribution in [1.29, 1.82) is 0 Å². The molecule has 1 saturated carbocycles. The lowest BCUT2D eigenvalue weighted by atomic mass is 10.3. The molecule has 2 rings (SSSR count). The van der Waals surface area contributed by atoms with Gasteiger partial charge in [-0.2, -0.15) is 4.31 Å². The van der Waals surface area contributed by atoms with Crippen molar-refractivity contribution in [2.75, 3.05) is 13.2 Å². The van der Waals surface area contributed by atoms with Crippen molar-refractivity contribution < 1.29 is 18.4 Å². The quantitative estimate of drug-likeness (QED) is 0.608. The molecule has 1 fully saturated rings. The first-order chi connectivity index (χ1) is 9.37. The number of sulfonamides is 1. The normalized spacial score (nSPS) is 15.6. The van der Waals surface area contributed by atoms with Gasteiger partial charge in [0.15, 0.2) is 4.90 Å². The molecule has 0 unspecified atom stereocenters. The molecule has 0 saturated heterocycles. The maximum atomic E-state index is 12.6. The van der Waals surface area contributed by atoms with Crippen LogP contribution < -0.4 is 0 Å². The van der Waals surface area contributed by atoms with Crippen LogP contribution in [0.5, 0.6) is 0 Å². The van der Waals surface area contributed by atoms with E-state index in [0.29, 0.717) is 17.3 Å². The Hall–Kier alpha value is -1.03. The third kappa shape index (κ3) is 3.00. The van der Waals surface area contributed by atoms with Crippen LogP contribution in [0.2, 0.25) is 0 Å². The highest BCUT2D eigenvalue weighted by atomic mass is 79.9. The molecule has 1 aromatic carbocycles. The zero-order valence-corrected chi connectivity index (χ0v) is 12.8. The summed E-state index contributed by atoms with van der Waals surface area (Å²) in [5.41, 5.74) is -0.461. The van der Waals surface area contributed by atoms with E-state index in [4.69, 9.17) is 5.11 Å². The third-order valence-corrected chi connectivity index (χ3v) is 5.45. The second kappa shape index (κ2) is 5.76. The van der Waals surface area contributed by atoms with Crippen molar-refractivity contribution in [3.8, 4) is 0 Å². The number of hydrogen-bond acceptors (Lipinski definition) is 5. The first-order valence-corrected chi connectivity index (χ1v) is 8.18. The van der Waals surface area contributed by atoms with Gasteiger partial charge < -0.3 is 5.11 Å². The van der Waals surface area contributed by atoms with Crippen LogP contribution in [-0.4, -0.2) is 41.9 Å². The highest BCUT2D eigenvalue weighted by Crippen LogP contribution is 2.35. The molecule has 9 heteroatoms. The summed E-state index contributed by atoms with van der Waals surface area (Å²) in [5.74, 6) is 0. The number of aliphatic hydroxyl groups is 1. The van der Waals surface area contributed by atoms with Crippen molar-refractivity contribution in [2.45, 2.75) is 23.8 Å². The Morgan fingerprint density at radius 2 is 2.10 bits per heavy atom. The van der Waals surface area contributed by atoms with E-state index in [1.165, 1.54) is 12.1 Å². The summed E-state index contributed by atoms with van der Waals surface area (Å²) < 4.78 is 26.7. The lowest BCUT2D eigenvalue weighted by Crippen LogP contribution is -2.35. The largest absolute Gasteiger partial charge is 0.395 e. The van der Waals surface area contributed by atoms with Gasteiger partial charge in [-0.15, -0.1) is 0 Å². The fourth-order valence-corrected chi connectivity index (χ4v) is 4.31. The number of benzene rings is 1. The lowest BCUT2D eigenvalue weighted by Gasteiger charge is -2.20. The number of nitrogens with zero attached hydrogens (tertiary/aromatic N) is 2. The Kier molecular flexibility index (Phi) is 4.43. The van der Waals surface area contributed by atoms with Crippen LogP contribution in [0.15, 0.2) is 27.6 Å². The minimum atomic E-state index is -4.00. The molecule has 1 aromatic rings. The fraction of sp³-hybridized carbons (Fsp3) is 0.455. The Bertz CT molecular complexity index is 630. The molecule has 1 aliphatic rings. The molecule has 1 aliphatic carbocycles. The number of nitro groups is 1. The first kappa shape index (κ1) is 15.4. The van der Waals surface area contributed by atoms with Crippen LogP contribution in [0.1, 0.15) is 12.8 Å². The van der Waals surface area contributed by atoms with Crippen molar-refractivity contribution in [2.24, 2.45) is 0 Å². The second-order valence-corrected chi connectivity index (χ2v) is 7.21. The maximum absolute atomic E-state index is 12.6. The number of aliphatic hydroxyl groups excluding tert-OH is 1. The van der Waals surface area contributed by atoms with E-state index in [0.717, 1.165) is 10.4 Å². The zero-order valence-electron chi connectivity index (χ0n) is 10.4. The predicted octanol–water partition coefficient (Wildman–Crippen LogP) is 1.50. The molecule has 110 valence electrons. The molecule has 0 bridgehead atoms. The van der Waals surface area contributed by atoms with Gasteiger partial charge in [-0.3, -0.25) is 10.1 Å². The Morgan fingerprint density at radius 1 is 1.45 bits per heavy atom. The maximum Gasteiger partial charge on any atom is 0.289 e. The first-order valence-electron chi connectivity index (χ1n) is 5.94. The summed E-state index contributed by atoms with van der Waals surface area (Å²) in [6, 6.07) is 3.62. The van der Waals surface area contributed by atoms with E-state index in [-0.39, 0.29) is 24.1 Å². The molecule has 0 atom stereocenters. The van der Waals surface area contributed by atoms with Crippen LogP contribution in [0.4, 0.5) is 5.69 Å². The van der Waals surface area contributed by atoms with Crippen LogP contribution >= 0.6 is 15.9 Å². The molecular weight excluding hydrogens is 352 g/mol. The van der Waals surface area contributed by atoms with Crippen molar-refractivity contribution >= 4 is 31.6 Å². The van der Waals surface area contributed by atoms with Gasteiger partial charge in [0.1, 0.15) is 0 Å². The predicted molar refractivity (Wildman–Crippen MR) is 74.8 cm³/mol. The van der Waals surface area contributed by atoms with Gasteiger partial charge >= 0.3 is 0 Å². The van der Waals surface area contributed by atoms with E-state index >= 15 is 0 Å². The Labute approximate surface area is 124 Å². The van der Waals surface area contributed by atoms with E-state index in [9.17, 15) is 18.5 Å². The van der Waals surface area contributed by atoms with Gasteiger partial charge in [0.05, 0.1) is 11.5 Å². The van der Waals surface area contributed by atoms with Gasteiger partial charge in [0.25, 0.3) is 5.69 Å². The number of halogens is 1. The average Bonchev–Trinajstić information content (AvgIpc) is 3.19. The Balaban J connectivity index is 2.52. The van der Waals surface area contributed by atoms with Gasteiger partial charge in [-0.1, -0.05) is 15.9 Å². The third-order valence-electron chi connectivity index (χ3n) is 2.98. The second-order valence-electron chi connectivity index (χ2n) is 4.44.